The van der Waals surface area contributed by atoms with E-state index in [9.17, 15) is 4.79 Å². The van der Waals surface area contributed by atoms with Gasteiger partial charge in [0.1, 0.15) is 0 Å². The van der Waals surface area contributed by atoms with Gasteiger partial charge < -0.3 is 4.74 Å². The highest BCUT2D eigenvalue weighted by atomic mass is 19.3. The van der Waals surface area contributed by atoms with Crippen LogP contribution in [0, 0.1) is 13.8 Å². The normalized spacial score (nSPS) is 11.2. The average molecular weight is 330 g/mol. The molecule has 0 saturated heterocycles. The van der Waals surface area contributed by atoms with Gasteiger partial charge in [-0.2, -0.15) is 8.78 Å². The van der Waals surface area contributed by atoms with E-state index in [1.807, 2.05) is 0 Å². The van der Waals surface area contributed by atoms with Crippen molar-refractivity contribution in [2.45, 2.75) is 26.7 Å². The number of halogens is 2. The van der Waals surface area contributed by atoms with Crippen LogP contribution in [0.2, 0.25) is 0 Å². The fourth-order valence-electron chi connectivity index (χ4n) is 2.44. The molecule has 4 heteroatoms. The lowest BCUT2D eigenvalue weighted by molar-refractivity contribution is 0.0357. The molecule has 0 heterocycles. The molecule has 2 aromatic rings. The van der Waals surface area contributed by atoms with E-state index in [1.165, 1.54) is 24.3 Å². The van der Waals surface area contributed by atoms with Crippen molar-refractivity contribution in [3.05, 3.63) is 76.4 Å². The number of rotatable bonds is 5. The molecule has 0 N–H and O–H groups in total. The monoisotopic (exact) mass is 330 g/mol. The third kappa shape index (κ3) is 3.37. The SMILES string of the molecule is C=Cc1ccc(C(F)(F)c2cc(C)c(C)cc2C(=O)OCC)cc1. The Morgan fingerprint density at radius 2 is 1.75 bits per heavy atom. The van der Waals surface area contributed by atoms with Crippen molar-refractivity contribution in [3.8, 4) is 0 Å². The Hall–Kier alpha value is -2.49. The molecule has 0 radical (unpaired) electrons. The first-order chi connectivity index (χ1) is 11.3. The van der Waals surface area contributed by atoms with Gasteiger partial charge in [-0.1, -0.05) is 36.9 Å². The lowest BCUT2D eigenvalue weighted by Gasteiger charge is -2.21. The van der Waals surface area contributed by atoms with Gasteiger partial charge in [-0.15, -0.1) is 0 Å². The predicted molar refractivity (Wildman–Crippen MR) is 91.4 cm³/mol. The van der Waals surface area contributed by atoms with E-state index < -0.39 is 11.9 Å². The van der Waals surface area contributed by atoms with Crippen LogP contribution in [0.5, 0.6) is 0 Å². The van der Waals surface area contributed by atoms with Crippen molar-refractivity contribution in [3.63, 3.8) is 0 Å². The molecule has 0 aliphatic rings. The molecule has 0 saturated carbocycles. The molecule has 0 aliphatic carbocycles. The molecule has 0 fully saturated rings. The van der Waals surface area contributed by atoms with Gasteiger partial charge in [-0.05, 0) is 49.6 Å². The molecule has 0 atom stereocenters. The highest BCUT2D eigenvalue weighted by Crippen LogP contribution is 2.39. The first kappa shape index (κ1) is 17.9. The van der Waals surface area contributed by atoms with Crippen LogP contribution in [-0.4, -0.2) is 12.6 Å². The van der Waals surface area contributed by atoms with Gasteiger partial charge >= 0.3 is 5.97 Å². The van der Waals surface area contributed by atoms with E-state index in [2.05, 4.69) is 6.58 Å². The first-order valence-corrected chi connectivity index (χ1v) is 7.70. The summed E-state index contributed by atoms with van der Waals surface area (Å²) in [4.78, 5) is 12.1. The Balaban J connectivity index is 2.60. The van der Waals surface area contributed by atoms with Gasteiger partial charge in [0.15, 0.2) is 0 Å². The van der Waals surface area contributed by atoms with E-state index in [4.69, 9.17) is 4.74 Å². The van der Waals surface area contributed by atoms with Crippen LogP contribution < -0.4 is 0 Å². The summed E-state index contributed by atoms with van der Waals surface area (Å²) in [5, 5.41) is 0. The number of alkyl halides is 2. The van der Waals surface area contributed by atoms with Gasteiger partial charge in [-0.3, -0.25) is 0 Å². The quantitative estimate of drug-likeness (QED) is 0.699. The Kier molecular flexibility index (Phi) is 5.17. The Morgan fingerprint density at radius 1 is 1.17 bits per heavy atom. The van der Waals surface area contributed by atoms with Crippen molar-refractivity contribution in [1.82, 2.24) is 0 Å². The maximum Gasteiger partial charge on any atom is 0.338 e. The van der Waals surface area contributed by atoms with E-state index in [1.54, 1.807) is 39.0 Å². The van der Waals surface area contributed by atoms with Gasteiger partial charge in [-0.25, -0.2) is 4.79 Å². The maximum atomic E-state index is 15.1. The highest BCUT2D eigenvalue weighted by Gasteiger charge is 2.38. The molecule has 126 valence electrons. The smallest absolute Gasteiger partial charge is 0.338 e. The van der Waals surface area contributed by atoms with Crippen molar-refractivity contribution in [2.75, 3.05) is 6.61 Å². The second-order valence-corrected chi connectivity index (χ2v) is 5.60. The van der Waals surface area contributed by atoms with Crippen molar-refractivity contribution >= 4 is 12.0 Å². The lowest BCUT2D eigenvalue weighted by Crippen LogP contribution is -2.21. The summed E-state index contributed by atoms with van der Waals surface area (Å²) in [5.74, 6) is -4.04. The highest BCUT2D eigenvalue weighted by molar-refractivity contribution is 5.92. The minimum atomic E-state index is -3.31. The van der Waals surface area contributed by atoms with Gasteiger partial charge in [0, 0.05) is 11.1 Å². The molecule has 0 bridgehead atoms. The standard InChI is InChI=1S/C20H20F2O2/c1-5-15-7-9-16(10-8-15)20(21,22)18-12-14(4)13(3)11-17(18)19(23)24-6-2/h5,7-12H,1,6H2,2-4H3. The number of aryl methyl sites for hydroxylation is 2. The van der Waals surface area contributed by atoms with Crippen molar-refractivity contribution in [1.29, 1.82) is 0 Å². The van der Waals surface area contributed by atoms with Crippen LogP contribution >= 0.6 is 0 Å². The number of hydrogen-bond acceptors (Lipinski definition) is 2. The van der Waals surface area contributed by atoms with Gasteiger partial charge in [0.05, 0.1) is 12.2 Å². The van der Waals surface area contributed by atoms with E-state index in [0.717, 1.165) is 11.1 Å². The number of esters is 1. The van der Waals surface area contributed by atoms with E-state index >= 15 is 8.78 Å². The molecule has 0 spiro atoms. The zero-order valence-electron chi connectivity index (χ0n) is 14.0. The van der Waals surface area contributed by atoms with Crippen molar-refractivity contribution in [2.24, 2.45) is 0 Å². The molecule has 2 nitrogen and oxygen atoms in total. The van der Waals surface area contributed by atoms with E-state index in [-0.39, 0.29) is 23.3 Å². The fourth-order valence-corrected chi connectivity index (χ4v) is 2.44. The summed E-state index contributed by atoms with van der Waals surface area (Å²) < 4.78 is 35.1. The van der Waals surface area contributed by atoms with Gasteiger partial charge in [0.2, 0.25) is 0 Å². The minimum absolute atomic E-state index is 0.0993. The summed E-state index contributed by atoms with van der Waals surface area (Å²) in [6.07, 6.45) is 1.59. The molecule has 0 unspecified atom stereocenters. The second-order valence-electron chi connectivity index (χ2n) is 5.60. The minimum Gasteiger partial charge on any atom is -0.462 e. The van der Waals surface area contributed by atoms with Crippen LogP contribution in [0.3, 0.4) is 0 Å². The maximum absolute atomic E-state index is 15.1. The summed E-state index contributed by atoms with van der Waals surface area (Å²) in [7, 11) is 0. The number of carbonyl (C=O) groups is 1. The molecule has 0 aromatic heterocycles. The Morgan fingerprint density at radius 3 is 2.29 bits per heavy atom. The Labute approximate surface area is 140 Å². The van der Waals surface area contributed by atoms with Crippen LogP contribution in [0.1, 0.15) is 45.1 Å². The number of ether oxygens (including phenoxy) is 1. The fraction of sp³-hybridized carbons (Fsp3) is 0.250. The second kappa shape index (κ2) is 6.95. The average Bonchev–Trinajstić information content (AvgIpc) is 2.57. The third-order valence-corrected chi connectivity index (χ3v) is 3.98. The summed E-state index contributed by atoms with van der Waals surface area (Å²) >= 11 is 0. The molecule has 2 aromatic carbocycles. The van der Waals surface area contributed by atoms with Crippen LogP contribution in [0.25, 0.3) is 6.08 Å². The summed E-state index contributed by atoms with van der Waals surface area (Å²) in [6.45, 7) is 8.90. The zero-order valence-corrected chi connectivity index (χ0v) is 14.0. The number of hydrogen-bond donors (Lipinski definition) is 0. The molecule has 0 aliphatic heterocycles. The molecule has 24 heavy (non-hydrogen) atoms. The molecule has 2 rings (SSSR count). The van der Waals surface area contributed by atoms with Crippen LogP contribution in [-0.2, 0) is 10.7 Å². The van der Waals surface area contributed by atoms with Crippen LogP contribution in [0.4, 0.5) is 8.78 Å². The number of carbonyl (C=O) groups excluding carboxylic acids is 1. The predicted octanol–water partition coefficient (Wildman–Crippen LogP) is 5.26. The molecule has 0 amide bonds. The van der Waals surface area contributed by atoms with Crippen LogP contribution in [0.15, 0.2) is 43.0 Å². The third-order valence-electron chi connectivity index (χ3n) is 3.98. The largest absolute Gasteiger partial charge is 0.462 e. The van der Waals surface area contributed by atoms with E-state index in [0.29, 0.717) is 5.56 Å². The van der Waals surface area contributed by atoms with Crippen molar-refractivity contribution < 1.29 is 18.3 Å². The molecular weight excluding hydrogens is 310 g/mol. The van der Waals surface area contributed by atoms with Gasteiger partial charge in [0.25, 0.3) is 5.92 Å². The summed E-state index contributed by atoms with van der Waals surface area (Å²) in [5.41, 5.74) is 1.59. The topological polar surface area (TPSA) is 26.3 Å². The zero-order chi connectivity index (χ0) is 17.9. The number of benzene rings is 2. The summed E-state index contributed by atoms with van der Waals surface area (Å²) in [6, 6.07) is 8.67. The lowest BCUT2D eigenvalue weighted by atomic mass is 9.91. The first-order valence-electron chi connectivity index (χ1n) is 7.70. The Bertz CT molecular complexity index is 762. The molecular formula is C20H20F2O2.